The lowest BCUT2D eigenvalue weighted by atomic mass is 10.1. The number of hydrogen-bond donors (Lipinski definition) is 2. The summed E-state index contributed by atoms with van der Waals surface area (Å²) in [5.41, 5.74) is 2.06. The Balaban J connectivity index is 1.83. The molecule has 2 aromatic carbocycles. The number of nitrogens with one attached hydrogen (secondary N) is 2. The monoisotopic (exact) mass is 300 g/mol. The second-order valence-corrected chi connectivity index (χ2v) is 5.66. The van der Waals surface area contributed by atoms with Gasteiger partial charge in [0.05, 0.1) is 12.6 Å². The van der Waals surface area contributed by atoms with Gasteiger partial charge in [-0.2, -0.15) is 0 Å². The first-order valence-electron chi connectivity index (χ1n) is 6.91. The molecule has 21 heavy (non-hydrogen) atoms. The van der Waals surface area contributed by atoms with Crippen molar-refractivity contribution in [2.24, 2.45) is 0 Å². The van der Waals surface area contributed by atoms with E-state index in [2.05, 4.69) is 41.2 Å². The van der Waals surface area contributed by atoms with Gasteiger partial charge in [-0.1, -0.05) is 30.3 Å². The molecule has 0 aliphatic rings. The van der Waals surface area contributed by atoms with E-state index in [0.29, 0.717) is 0 Å². The van der Waals surface area contributed by atoms with Crippen LogP contribution in [-0.4, -0.2) is 18.7 Å². The fraction of sp³-hybridized carbons (Fsp3) is 0.235. The summed E-state index contributed by atoms with van der Waals surface area (Å²) in [6.45, 7) is 2.27. The minimum Gasteiger partial charge on any atom is -0.376 e. The zero-order valence-electron chi connectivity index (χ0n) is 12.3. The van der Waals surface area contributed by atoms with E-state index in [1.54, 1.807) is 11.8 Å². The summed E-state index contributed by atoms with van der Waals surface area (Å²) in [4.78, 5) is 13.2. The second kappa shape index (κ2) is 7.74. The predicted octanol–water partition coefficient (Wildman–Crippen LogP) is 3.70. The van der Waals surface area contributed by atoms with Gasteiger partial charge in [-0.25, -0.2) is 0 Å². The number of hydrogen-bond acceptors (Lipinski definition) is 3. The molecule has 4 heteroatoms. The van der Waals surface area contributed by atoms with E-state index in [-0.39, 0.29) is 18.5 Å². The molecule has 1 atom stereocenters. The lowest BCUT2D eigenvalue weighted by molar-refractivity contribution is -0.120. The first-order valence-corrected chi connectivity index (χ1v) is 8.14. The van der Waals surface area contributed by atoms with Crippen LogP contribution in [0, 0.1) is 0 Å². The highest BCUT2D eigenvalue weighted by atomic mass is 32.2. The molecule has 1 amide bonds. The van der Waals surface area contributed by atoms with Crippen molar-refractivity contribution in [3.8, 4) is 0 Å². The van der Waals surface area contributed by atoms with Crippen molar-refractivity contribution in [2.75, 3.05) is 18.1 Å². The van der Waals surface area contributed by atoms with E-state index < -0.39 is 0 Å². The molecular formula is C17H20N2OS. The third-order valence-electron chi connectivity index (χ3n) is 3.22. The van der Waals surface area contributed by atoms with Gasteiger partial charge >= 0.3 is 0 Å². The maximum absolute atomic E-state index is 11.9. The molecule has 0 bridgehead atoms. The van der Waals surface area contributed by atoms with E-state index in [1.165, 1.54) is 4.90 Å². The minimum atomic E-state index is -0.0136. The van der Waals surface area contributed by atoms with Crippen molar-refractivity contribution in [2.45, 2.75) is 17.9 Å². The third-order valence-corrected chi connectivity index (χ3v) is 3.96. The Labute approximate surface area is 130 Å². The maximum atomic E-state index is 11.9. The van der Waals surface area contributed by atoms with Crippen molar-refractivity contribution >= 4 is 23.4 Å². The van der Waals surface area contributed by atoms with Gasteiger partial charge in [0.2, 0.25) is 5.91 Å². The fourth-order valence-corrected chi connectivity index (χ4v) is 2.42. The van der Waals surface area contributed by atoms with Crippen LogP contribution in [-0.2, 0) is 4.79 Å². The summed E-state index contributed by atoms with van der Waals surface area (Å²) in [5, 5.41) is 6.10. The zero-order chi connectivity index (χ0) is 15.1. The van der Waals surface area contributed by atoms with Crippen LogP contribution in [0.3, 0.4) is 0 Å². The van der Waals surface area contributed by atoms with Crippen molar-refractivity contribution in [3.05, 3.63) is 60.2 Å². The van der Waals surface area contributed by atoms with E-state index in [4.69, 9.17) is 0 Å². The number of amides is 1. The number of anilines is 1. The number of para-hydroxylation sites is 1. The minimum absolute atomic E-state index is 0.00554. The number of rotatable bonds is 6. The van der Waals surface area contributed by atoms with Crippen molar-refractivity contribution in [3.63, 3.8) is 0 Å². The van der Waals surface area contributed by atoms with Crippen LogP contribution in [0.1, 0.15) is 18.5 Å². The van der Waals surface area contributed by atoms with Crippen LogP contribution in [0.25, 0.3) is 0 Å². The quantitative estimate of drug-likeness (QED) is 0.799. The van der Waals surface area contributed by atoms with E-state index in [0.717, 1.165) is 11.3 Å². The molecule has 110 valence electrons. The van der Waals surface area contributed by atoms with Gasteiger partial charge in [0.15, 0.2) is 0 Å². The van der Waals surface area contributed by atoms with Crippen LogP contribution >= 0.6 is 11.8 Å². The van der Waals surface area contributed by atoms with Gasteiger partial charge in [0, 0.05) is 10.6 Å². The zero-order valence-corrected chi connectivity index (χ0v) is 13.1. The largest absolute Gasteiger partial charge is 0.376 e. The Morgan fingerprint density at radius 2 is 1.76 bits per heavy atom. The average molecular weight is 300 g/mol. The average Bonchev–Trinajstić information content (AvgIpc) is 2.54. The molecule has 0 aliphatic heterocycles. The molecule has 0 spiro atoms. The Bertz CT molecular complexity index is 569. The smallest absolute Gasteiger partial charge is 0.239 e. The summed E-state index contributed by atoms with van der Waals surface area (Å²) in [5.74, 6) is -0.0136. The number of benzene rings is 2. The van der Waals surface area contributed by atoms with E-state index in [9.17, 15) is 4.79 Å². The standard InChI is InChI=1S/C17H20N2OS/c1-13(14-8-10-16(21-2)11-9-14)19-17(20)12-18-15-6-4-3-5-7-15/h3-11,13,18H,12H2,1-2H3,(H,19,20). The summed E-state index contributed by atoms with van der Waals surface area (Å²) in [6, 6.07) is 18.0. The predicted molar refractivity (Wildman–Crippen MR) is 89.7 cm³/mol. The van der Waals surface area contributed by atoms with Crippen LogP contribution in [0.15, 0.2) is 59.5 Å². The van der Waals surface area contributed by atoms with Crippen molar-refractivity contribution < 1.29 is 4.79 Å². The summed E-state index contributed by atoms with van der Waals surface area (Å²) < 4.78 is 0. The van der Waals surface area contributed by atoms with Gasteiger partial charge in [-0.3, -0.25) is 4.79 Å². The Hall–Kier alpha value is -1.94. The Kier molecular flexibility index (Phi) is 5.69. The normalized spacial score (nSPS) is 11.7. The first-order chi connectivity index (χ1) is 10.2. The molecule has 2 aromatic rings. The molecular weight excluding hydrogens is 280 g/mol. The highest BCUT2D eigenvalue weighted by Crippen LogP contribution is 2.18. The van der Waals surface area contributed by atoms with E-state index in [1.807, 2.05) is 37.3 Å². The Morgan fingerprint density at radius 1 is 1.10 bits per heavy atom. The maximum Gasteiger partial charge on any atom is 0.239 e. The van der Waals surface area contributed by atoms with Crippen LogP contribution in [0.4, 0.5) is 5.69 Å². The van der Waals surface area contributed by atoms with Crippen LogP contribution in [0.2, 0.25) is 0 Å². The van der Waals surface area contributed by atoms with Gasteiger partial charge in [0.25, 0.3) is 0 Å². The number of carbonyl (C=O) groups excluding carboxylic acids is 1. The molecule has 2 rings (SSSR count). The Morgan fingerprint density at radius 3 is 2.38 bits per heavy atom. The van der Waals surface area contributed by atoms with Crippen LogP contribution in [0.5, 0.6) is 0 Å². The second-order valence-electron chi connectivity index (χ2n) is 4.78. The SMILES string of the molecule is CSc1ccc(C(C)NC(=O)CNc2ccccc2)cc1. The highest BCUT2D eigenvalue weighted by Gasteiger charge is 2.09. The van der Waals surface area contributed by atoms with E-state index >= 15 is 0 Å². The molecule has 1 unspecified atom stereocenters. The van der Waals surface area contributed by atoms with Gasteiger partial charge in [-0.05, 0) is 43.0 Å². The topological polar surface area (TPSA) is 41.1 Å². The summed E-state index contributed by atoms with van der Waals surface area (Å²) >= 11 is 1.71. The lowest BCUT2D eigenvalue weighted by Gasteiger charge is -2.15. The molecule has 0 saturated heterocycles. The first kappa shape index (κ1) is 15.4. The molecule has 2 N–H and O–H groups in total. The number of carbonyl (C=O) groups is 1. The van der Waals surface area contributed by atoms with Gasteiger partial charge < -0.3 is 10.6 Å². The van der Waals surface area contributed by atoms with Gasteiger partial charge in [0.1, 0.15) is 0 Å². The fourth-order valence-electron chi connectivity index (χ4n) is 2.01. The van der Waals surface area contributed by atoms with Crippen LogP contribution < -0.4 is 10.6 Å². The molecule has 0 aromatic heterocycles. The number of thioether (sulfide) groups is 1. The van der Waals surface area contributed by atoms with Gasteiger partial charge in [-0.15, -0.1) is 11.8 Å². The molecule has 0 fully saturated rings. The van der Waals surface area contributed by atoms with Crippen molar-refractivity contribution in [1.29, 1.82) is 0 Å². The molecule has 0 heterocycles. The summed E-state index contributed by atoms with van der Waals surface area (Å²) in [7, 11) is 0. The molecule has 0 saturated carbocycles. The summed E-state index contributed by atoms with van der Waals surface area (Å²) in [6.07, 6.45) is 2.05. The lowest BCUT2D eigenvalue weighted by Crippen LogP contribution is -2.32. The molecule has 0 aliphatic carbocycles. The molecule has 3 nitrogen and oxygen atoms in total. The van der Waals surface area contributed by atoms with Crippen molar-refractivity contribution in [1.82, 2.24) is 5.32 Å². The highest BCUT2D eigenvalue weighted by molar-refractivity contribution is 7.98. The molecule has 0 radical (unpaired) electrons. The third kappa shape index (κ3) is 4.83.